The fraction of sp³-hybridized carbons (Fsp3) is 0.308. The Morgan fingerprint density at radius 2 is 1.76 bits per heavy atom. The molecule has 0 aliphatic heterocycles. The van der Waals surface area contributed by atoms with Gasteiger partial charge >= 0.3 is 6.09 Å². The molecule has 2 aromatic carbocycles. The van der Waals surface area contributed by atoms with Gasteiger partial charge in [-0.05, 0) is 56.0 Å². The van der Waals surface area contributed by atoms with Gasteiger partial charge in [0.1, 0.15) is 11.6 Å². The molecule has 1 atom stereocenters. The van der Waals surface area contributed by atoms with Crippen LogP contribution in [0.25, 0.3) is 21.8 Å². The first kappa shape index (κ1) is 22.5. The van der Waals surface area contributed by atoms with Gasteiger partial charge in [-0.15, -0.1) is 0 Å². The highest BCUT2D eigenvalue weighted by Gasteiger charge is 2.26. The molecule has 0 aliphatic rings. The van der Waals surface area contributed by atoms with Crippen LogP contribution < -0.4 is 10.6 Å². The first-order valence-corrected chi connectivity index (χ1v) is 11.0. The molecule has 2 amide bonds. The topological polar surface area (TPSA) is 77.3 Å². The minimum Gasteiger partial charge on any atom is -0.444 e. The van der Waals surface area contributed by atoms with E-state index in [9.17, 15) is 9.59 Å². The van der Waals surface area contributed by atoms with E-state index in [1.54, 1.807) is 20.8 Å². The molecular weight excluding hydrogens is 416 g/mol. The van der Waals surface area contributed by atoms with Gasteiger partial charge in [-0.1, -0.05) is 24.3 Å². The Balaban J connectivity index is 1.61. The minimum atomic E-state index is -0.810. The smallest absolute Gasteiger partial charge is 0.408 e. The molecule has 0 unspecified atom stereocenters. The quantitative estimate of drug-likeness (QED) is 0.465. The van der Waals surface area contributed by atoms with Crippen molar-refractivity contribution in [1.29, 1.82) is 0 Å². The lowest BCUT2D eigenvalue weighted by Gasteiger charge is -2.23. The second kappa shape index (κ2) is 8.65. The molecule has 4 aromatic rings. The van der Waals surface area contributed by atoms with E-state index < -0.39 is 17.7 Å². The average molecular weight is 447 g/mol. The van der Waals surface area contributed by atoms with Crippen LogP contribution >= 0.6 is 0 Å². The van der Waals surface area contributed by atoms with Gasteiger partial charge in [-0.2, -0.15) is 0 Å². The highest BCUT2D eigenvalue weighted by molar-refractivity contribution is 5.99. The van der Waals surface area contributed by atoms with Crippen molar-refractivity contribution < 1.29 is 14.3 Å². The van der Waals surface area contributed by atoms with Gasteiger partial charge in [0.2, 0.25) is 5.91 Å². The Hall–Kier alpha value is -3.74. The summed E-state index contributed by atoms with van der Waals surface area (Å²) in [5.74, 6) is -0.303. The van der Waals surface area contributed by atoms with Crippen LogP contribution in [0.5, 0.6) is 0 Å². The number of hydrogen-bond acceptors (Lipinski definition) is 3. The summed E-state index contributed by atoms with van der Waals surface area (Å²) in [6.07, 6.45) is 3.68. The molecule has 0 saturated heterocycles. The van der Waals surface area contributed by atoms with E-state index in [1.807, 2.05) is 84.2 Å². The third-order valence-corrected chi connectivity index (χ3v) is 5.57. The van der Waals surface area contributed by atoms with Crippen LogP contribution in [0.4, 0.5) is 10.5 Å². The predicted octanol–water partition coefficient (Wildman–Crippen LogP) is 4.74. The van der Waals surface area contributed by atoms with Crippen LogP contribution in [0.3, 0.4) is 0 Å². The molecule has 0 aliphatic carbocycles. The molecule has 0 fully saturated rings. The molecule has 2 heterocycles. The molecule has 2 aromatic heterocycles. The Labute approximate surface area is 193 Å². The largest absolute Gasteiger partial charge is 0.444 e. The number of nitrogens with zero attached hydrogens (tertiary/aromatic N) is 2. The van der Waals surface area contributed by atoms with E-state index in [2.05, 4.69) is 10.6 Å². The molecule has 0 radical (unpaired) electrons. The molecule has 7 nitrogen and oxygen atoms in total. The van der Waals surface area contributed by atoms with E-state index in [0.717, 1.165) is 27.4 Å². The Morgan fingerprint density at radius 1 is 1.00 bits per heavy atom. The SMILES string of the molecule is Cn1ccc2ccc(NC(=O)[C@H](Cc3cn(C)c4ccccc34)NC(=O)OC(C)(C)C)cc21. The fourth-order valence-electron chi connectivity index (χ4n) is 4.04. The average Bonchev–Trinajstić information content (AvgIpc) is 3.26. The van der Waals surface area contributed by atoms with Gasteiger partial charge in [0.05, 0.1) is 0 Å². The number of rotatable bonds is 5. The van der Waals surface area contributed by atoms with Crippen molar-refractivity contribution in [3.05, 3.63) is 66.5 Å². The summed E-state index contributed by atoms with van der Waals surface area (Å²) in [6.45, 7) is 5.38. The Bertz CT molecular complexity index is 1330. The number of para-hydroxylation sites is 1. The van der Waals surface area contributed by atoms with E-state index in [0.29, 0.717) is 12.1 Å². The monoisotopic (exact) mass is 446 g/mol. The zero-order chi connectivity index (χ0) is 23.8. The maximum atomic E-state index is 13.3. The molecule has 7 heteroatoms. The third-order valence-electron chi connectivity index (χ3n) is 5.57. The van der Waals surface area contributed by atoms with Crippen LogP contribution in [-0.2, 0) is 30.0 Å². The highest BCUT2D eigenvalue weighted by atomic mass is 16.6. The van der Waals surface area contributed by atoms with Crippen LogP contribution in [0.1, 0.15) is 26.3 Å². The number of anilines is 1. The summed E-state index contributed by atoms with van der Waals surface area (Å²) < 4.78 is 9.45. The maximum Gasteiger partial charge on any atom is 0.408 e. The zero-order valence-corrected chi connectivity index (χ0v) is 19.7. The Kier molecular flexibility index (Phi) is 5.89. The van der Waals surface area contributed by atoms with E-state index in [1.165, 1.54) is 0 Å². The van der Waals surface area contributed by atoms with E-state index >= 15 is 0 Å². The normalized spacial score (nSPS) is 12.6. The third kappa shape index (κ3) is 5.03. The van der Waals surface area contributed by atoms with E-state index in [-0.39, 0.29) is 5.91 Å². The molecule has 0 saturated carbocycles. The first-order chi connectivity index (χ1) is 15.6. The summed E-state index contributed by atoms with van der Waals surface area (Å²) in [6, 6.07) is 15.0. The van der Waals surface area contributed by atoms with Gasteiger partial charge in [0.25, 0.3) is 0 Å². The number of carbonyl (C=O) groups is 2. The highest BCUT2D eigenvalue weighted by Crippen LogP contribution is 2.23. The summed E-state index contributed by atoms with van der Waals surface area (Å²) in [7, 11) is 3.93. The van der Waals surface area contributed by atoms with Gasteiger partial charge < -0.3 is 24.5 Å². The van der Waals surface area contributed by atoms with Gasteiger partial charge in [-0.25, -0.2) is 4.79 Å². The fourth-order valence-corrected chi connectivity index (χ4v) is 4.04. The molecule has 4 rings (SSSR count). The molecule has 2 N–H and O–H groups in total. The molecule has 33 heavy (non-hydrogen) atoms. The number of alkyl carbamates (subject to hydrolysis) is 1. The Morgan fingerprint density at radius 3 is 2.52 bits per heavy atom. The second-order valence-corrected chi connectivity index (χ2v) is 9.37. The molecular formula is C26H30N4O3. The lowest BCUT2D eigenvalue weighted by molar-refractivity contribution is -0.118. The number of hydrogen-bond donors (Lipinski definition) is 2. The number of ether oxygens (including phenoxy) is 1. The van der Waals surface area contributed by atoms with Crippen LogP contribution in [0.15, 0.2) is 60.9 Å². The molecule has 0 bridgehead atoms. The standard InChI is InChI=1S/C26H30N4O3/c1-26(2,3)33-25(32)28-21(14-18-16-30(5)22-9-7-6-8-20(18)22)24(31)27-19-11-10-17-12-13-29(4)23(17)15-19/h6-13,15-16,21H,14H2,1-5H3,(H,27,31)(H,28,32)/t21-/m0/s1. The van der Waals surface area contributed by atoms with Crippen LogP contribution in [0, 0.1) is 0 Å². The van der Waals surface area contributed by atoms with Crippen molar-refractivity contribution >= 4 is 39.5 Å². The number of aromatic nitrogens is 2. The number of aryl methyl sites for hydroxylation is 2. The van der Waals surface area contributed by atoms with Crippen LogP contribution in [-0.4, -0.2) is 32.8 Å². The lowest BCUT2D eigenvalue weighted by Crippen LogP contribution is -2.47. The van der Waals surface area contributed by atoms with Crippen molar-refractivity contribution in [3.63, 3.8) is 0 Å². The van der Waals surface area contributed by atoms with Gasteiger partial charge in [-0.3, -0.25) is 4.79 Å². The summed E-state index contributed by atoms with van der Waals surface area (Å²) in [5.41, 5.74) is 3.06. The summed E-state index contributed by atoms with van der Waals surface area (Å²) >= 11 is 0. The number of fused-ring (bicyclic) bond motifs is 2. The van der Waals surface area contributed by atoms with Crippen molar-refractivity contribution in [2.75, 3.05) is 5.32 Å². The zero-order valence-electron chi connectivity index (χ0n) is 19.7. The summed E-state index contributed by atoms with van der Waals surface area (Å²) in [5, 5.41) is 7.88. The van der Waals surface area contributed by atoms with Crippen molar-refractivity contribution in [1.82, 2.24) is 14.5 Å². The van der Waals surface area contributed by atoms with Crippen molar-refractivity contribution in [2.24, 2.45) is 14.1 Å². The molecule has 0 spiro atoms. The number of carbonyl (C=O) groups excluding carboxylic acids is 2. The van der Waals surface area contributed by atoms with Crippen molar-refractivity contribution in [2.45, 2.75) is 38.8 Å². The minimum absolute atomic E-state index is 0.303. The van der Waals surface area contributed by atoms with Crippen molar-refractivity contribution in [3.8, 4) is 0 Å². The van der Waals surface area contributed by atoms with Gasteiger partial charge in [0, 0.05) is 55.0 Å². The van der Waals surface area contributed by atoms with E-state index in [4.69, 9.17) is 4.74 Å². The molecule has 172 valence electrons. The number of amides is 2. The number of nitrogens with one attached hydrogen (secondary N) is 2. The summed E-state index contributed by atoms with van der Waals surface area (Å²) in [4.78, 5) is 25.9. The van der Waals surface area contributed by atoms with Crippen LogP contribution in [0.2, 0.25) is 0 Å². The second-order valence-electron chi connectivity index (χ2n) is 9.37. The lowest BCUT2D eigenvalue weighted by atomic mass is 10.0. The number of benzene rings is 2. The van der Waals surface area contributed by atoms with Gasteiger partial charge in [0.15, 0.2) is 0 Å². The maximum absolute atomic E-state index is 13.3. The predicted molar refractivity (Wildman–Crippen MR) is 131 cm³/mol. The first-order valence-electron chi connectivity index (χ1n) is 11.0.